The average Bonchev–Trinajstić information content (AvgIpc) is 3.03. The second-order valence-corrected chi connectivity index (χ2v) is 7.85. The Morgan fingerprint density at radius 1 is 1.11 bits per heavy atom. The fourth-order valence-electron chi connectivity index (χ4n) is 3.47. The molecule has 0 atom stereocenters. The van der Waals surface area contributed by atoms with Gasteiger partial charge >= 0.3 is 0 Å². The number of hydrogen-bond acceptors (Lipinski definition) is 4. The fraction of sp³-hybridized carbons (Fsp3) is 0.273. The van der Waals surface area contributed by atoms with Gasteiger partial charge < -0.3 is 9.42 Å². The van der Waals surface area contributed by atoms with Gasteiger partial charge in [-0.25, -0.2) is 0 Å². The van der Waals surface area contributed by atoms with E-state index in [0.717, 1.165) is 46.2 Å². The van der Waals surface area contributed by atoms with E-state index in [2.05, 4.69) is 23.4 Å². The highest BCUT2D eigenvalue weighted by Crippen LogP contribution is 2.30. The van der Waals surface area contributed by atoms with Crippen LogP contribution in [0.2, 0.25) is 0 Å². The van der Waals surface area contributed by atoms with E-state index >= 15 is 0 Å². The van der Waals surface area contributed by atoms with Crippen LogP contribution in [-0.4, -0.2) is 22.5 Å². The Kier molecular flexibility index (Phi) is 5.03. The van der Waals surface area contributed by atoms with Crippen LogP contribution >= 0.6 is 11.8 Å². The third-order valence-corrected chi connectivity index (χ3v) is 6.19. The topological polar surface area (TPSA) is 46.3 Å². The standard InChI is InChI=1S/C22H22N2O2S/c1-15-20(16(2)26-23-15)14-27-21-10-6-5-9-19(21)22(25)24-12-11-17-7-3-4-8-18(17)13-24/h3-10H,11-14H2,1-2H3. The molecular formula is C22H22N2O2S. The molecule has 0 aliphatic carbocycles. The van der Waals surface area contributed by atoms with Crippen LogP contribution in [0.15, 0.2) is 57.9 Å². The molecule has 138 valence electrons. The summed E-state index contributed by atoms with van der Waals surface area (Å²) in [6.07, 6.45) is 0.913. The quantitative estimate of drug-likeness (QED) is 0.613. The molecule has 1 aliphatic heterocycles. The van der Waals surface area contributed by atoms with E-state index in [1.807, 2.05) is 49.1 Å². The molecule has 1 aromatic heterocycles. The Bertz CT molecular complexity index is 960. The van der Waals surface area contributed by atoms with Gasteiger partial charge in [-0.3, -0.25) is 4.79 Å². The molecule has 0 fully saturated rings. The van der Waals surface area contributed by atoms with Crippen molar-refractivity contribution in [1.29, 1.82) is 0 Å². The lowest BCUT2D eigenvalue weighted by atomic mass is 9.99. The molecule has 1 aliphatic rings. The van der Waals surface area contributed by atoms with Gasteiger partial charge in [0.05, 0.1) is 11.3 Å². The summed E-state index contributed by atoms with van der Waals surface area (Å²) < 4.78 is 5.25. The Morgan fingerprint density at radius 3 is 2.63 bits per heavy atom. The maximum absolute atomic E-state index is 13.2. The molecular weight excluding hydrogens is 356 g/mol. The van der Waals surface area contributed by atoms with Gasteiger partial charge in [-0.2, -0.15) is 0 Å². The van der Waals surface area contributed by atoms with Crippen molar-refractivity contribution in [3.63, 3.8) is 0 Å². The first kappa shape index (κ1) is 17.9. The second-order valence-electron chi connectivity index (χ2n) is 6.83. The second kappa shape index (κ2) is 7.61. The van der Waals surface area contributed by atoms with Crippen molar-refractivity contribution >= 4 is 17.7 Å². The van der Waals surface area contributed by atoms with Crippen molar-refractivity contribution in [1.82, 2.24) is 10.1 Å². The smallest absolute Gasteiger partial charge is 0.255 e. The molecule has 0 N–H and O–H groups in total. The van der Waals surface area contributed by atoms with Crippen LogP contribution in [0.5, 0.6) is 0 Å². The number of benzene rings is 2. The lowest BCUT2D eigenvalue weighted by Crippen LogP contribution is -2.36. The number of aromatic nitrogens is 1. The number of carbonyl (C=O) groups excluding carboxylic acids is 1. The molecule has 27 heavy (non-hydrogen) atoms. The molecule has 2 heterocycles. The number of fused-ring (bicyclic) bond motifs is 1. The molecule has 0 saturated carbocycles. The molecule has 3 aromatic rings. The van der Waals surface area contributed by atoms with E-state index in [0.29, 0.717) is 6.54 Å². The summed E-state index contributed by atoms with van der Waals surface area (Å²) in [6.45, 7) is 5.32. The molecule has 4 nitrogen and oxygen atoms in total. The van der Waals surface area contributed by atoms with Crippen molar-refractivity contribution in [3.05, 3.63) is 82.2 Å². The van der Waals surface area contributed by atoms with Gasteiger partial charge in [0.25, 0.3) is 5.91 Å². The highest BCUT2D eigenvalue weighted by atomic mass is 32.2. The molecule has 5 heteroatoms. The minimum absolute atomic E-state index is 0.103. The number of thioether (sulfide) groups is 1. The number of rotatable bonds is 4. The summed E-state index contributed by atoms with van der Waals surface area (Å²) in [5, 5.41) is 4.02. The predicted octanol–water partition coefficient (Wildman–Crippen LogP) is 4.78. The third-order valence-electron chi connectivity index (χ3n) is 5.09. The lowest BCUT2D eigenvalue weighted by Gasteiger charge is -2.29. The van der Waals surface area contributed by atoms with Gasteiger partial charge in [0.15, 0.2) is 0 Å². The normalized spacial score (nSPS) is 13.5. The van der Waals surface area contributed by atoms with E-state index in [1.165, 1.54) is 11.1 Å². The van der Waals surface area contributed by atoms with E-state index in [4.69, 9.17) is 4.52 Å². The van der Waals surface area contributed by atoms with Gasteiger partial charge in [-0.15, -0.1) is 11.8 Å². The van der Waals surface area contributed by atoms with E-state index in [1.54, 1.807) is 11.8 Å². The van der Waals surface area contributed by atoms with Crippen molar-refractivity contribution in [2.45, 2.75) is 37.5 Å². The number of nitrogens with zero attached hydrogens (tertiary/aromatic N) is 2. The zero-order chi connectivity index (χ0) is 18.8. The zero-order valence-corrected chi connectivity index (χ0v) is 16.4. The summed E-state index contributed by atoms with van der Waals surface area (Å²) in [7, 11) is 0. The largest absolute Gasteiger partial charge is 0.361 e. The van der Waals surface area contributed by atoms with Crippen LogP contribution in [-0.2, 0) is 18.7 Å². The minimum Gasteiger partial charge on any atom is -0.361 e. The molecule has 1 amide bonds. The Morgan fingerprint density at radius 2 is 1.85 bits per heavy atom. The minimum atomic E-state index is 0.103. The summed E-state index contributed by atoms with van der Waals surface area (Å²) in [4.78, 5) is 16.2. The third kappa shape index (κ3) is 3.65. The van der Waals surface area contributed by atoms with Gasteiger partial charge in [0.1, 0.15) is 5.76 Å². The first-order chi connectivity index (χ1) is 13.1. The summed E-state index contributed by atoms with van der Waals surface area (Å²) in [6, 6.07) is 16.3. The van der Waals surface area contributed by atoms with E-state index in [9.17, 15) is 4.79 Å². The molecule has 0 spiro atoms. The first-order valence-corrected chi connectivity index (χ1v) is 10.1. The molecule has 0 bridgehead atoms. The highest BCUT2D eigenvalue weighted by Gasteiger charge is 2.23. The zero-order valence-electron chi connectivity index (χ0n) is 15.6. The molecule has 0 unspecified atom stereocenters. The van der Waals surface area contributed by atoms with E-state index < -0.39 is 0 Å². The predicted molar refractivity (Wildman–Crippen MR) is 107 cm³/mol. The maximum atomic E-state index is 13.2. The fourth-order valence-corrected chi connectivity index (χ4v) is 4.66. The van der Waals surface area contributed by atoms with Crippen molar-refractivity contribution in [2.24, 2.45) is 0 Å². The average molecular weight is 378 g/mol. The Hall–Kier alpha value is -2.53. The Labute approximate surface area is 163 Å². The summed E-state index contributed by atoms with van der Waals surface area (Å²) in [5.41, 5.74) is 5.39. The first-order valence-electron chi connectivity index (χ1n) is 9.13. The number of amides is 1. The van der Waals surface area contributed by atoms with Gasteiger partial charge in [-0.05, 0) is 43.5 Å². The monoisotopic (exact) mass is 378 g/mol. The molecule has 2 aromatic carbocycles. The van der Waals surface area contributed by atoms with Gasteiger partial charge in [0, 0.05) is 29.3 Å². The van der Waals surface area contributed by atoms with Crippen LogP contribution in [0.25, 0.3) is 0 Å². The Balaban J connectivity index is 1.53. The number of hydrogen-bond donors (Lipinski definition) is 0. The number of carbonyl (C=O) groups is 1. The van der Waals surface area contributed by atoms with Gasteiger partial charge in [0.2, 0.25) is 0 Å². The van der Waals surface area contributed by atoms with Crippen LogP contribution in [0.3, 0.4) is 0 Å². The van der Waals surface area contributed by atoms with Gasteiger partial charge in [-0.1, -0.05) is 41.6 Å². The summed E-state index contributed by atoms with van der Waals surface area (Å²) in [5.74, 6) is 1.69. The van der Waals surface area contributed by atoms with Crippen LogP contribution in [0, 0.1) is 13.8 Å². The molecule has 4 rings (SSSR count). The van der Waals surface area contributed by atoms with Crippen molar-refractivity contribution in [2.75, 3.05) is 6.54 Å². The lowest BCUT2D eigenvalue weighted by molar-refractivity contribution is 0.0731. The van der Waals surface area contributed by atoms with Crippen LogP contribution in [0.1, 0.15) is 38.5 Å². The van der Waals surface area contributed by atoms with Crippen LogP contribution in [0.4, 0.5) is 0 Å². The van der Waals surface area contributed by atoms with Crippen molar-refractivity contribution in [3.8, 4) is 0 Å². The molecule has 0 saturated heterocycles. The van der Waals surface area contributed by atoms with Crippen LogP contribution < -0.4 is 0 Å². The van der Waals surface area contributed by atoms with E-state index in [-0.39, 0.29) is 5.91 Å². The SMILES string of the molecule is Cc1noc(C)c1CSc1ccccc1C(=O)N1CCc2ccccc2C1. The summed E-state index contributed by atoms with van der Waals surface area (Å²) >= 11 is 1.66. The maximum Gasteiger partial charge on any atom is 0.255 e. The molecule has 0 radical (unpaired) electrons. The van der Waals surface area contributed by atoms with Crippen molar-refractivity contribution < 1.29 is 9.32 Å². The highest BCUT2D eigenvalue weighted by molar-refractivity contribution is 7.98. The number of aryl methyl sites for hydroxylation is 2.